The first-order valence-corrected chi connectivity index (χ1v) is 14.1. The summed E-state index contributed by atoms with van der Waals surface area (Å²) in [6.45, 7) is 2.05. The van der Waals surface area contributed by atoms with Gasteiger partial charge in [0, 0.05) is 48.8 Å². The number of nitrogens with one attached hydrogen (secondary N) is 3. The van der Waals surface area contributed by atoms with E-state index in [1.165, 1.54) is 25.3 Å². The molecule has 11 nitrogen and oxygen atoms in total. The van der Waals surface area contributed by atoms with Crippen molar-refractivity contribution in [3.05, 3.63) is 65.5 Å². The Bertz CT molecular complexity index is 1450. The maximum Gasteiger partial charge on any atom is 0.421 e. The number of piperidine rings is 1. The molecule has 0 saturated carbocycles. The van der Waals surface area contributed by atoms with Crippen LogP contribution in [-0.2, 0) is 22.7 Å². The summed E-state index contributed by atoms with van der Waals surface area (Å²) in [5, 5.41) is 15.3. The van der Waals surface area contributed by atoms with E-state index in [1.807, 2.05) is 0 Å². The number of aromatic nitrogens is 3. The van der Waals surface area contributed by atoms with Gasteiger partial charge in [-0.2, -0.15) is 18.2 Å². The highest BCUT2D eigenvalue weighted by molar-refractivity contribution is 7.92. The third kappa shape index (κ3) is 7.35. The van der Waals surface area contributed by atoms with Crippen LogP contribution in [0.2, 0.25) is 0 Å². The number of hydrogen-bond donors (Lipinski definition) is 4. The van der Waals surface area contributed by atoms with Gasteiger partial charge < -0.3 is 20.6 Å². The van der Waals surface area contributed by atoms with Gasteiger partial charge in [-0.15, -0.1) is 0 Å². The highest BCUT2D eigenvalue weighted by atomic mass is 32.2. The van der Waals surface area contributed by atoms with E-state index in [9.17, 15) is 31.5 Å². The molecule has 4 N–H and O–H groups in total. The number of benzene rings is 1. The van der Waals surface area contributed by atoms with E-state index >= 15 is 0 Å². The molecule has 1 aliphatic heterocycles. The molecule has 15 heteroatoms. The molecular weight excluding hydrogens is 551 g/mol. The summed E-state index contributed by atoms with van der Waals surface area (Å²) in [6.07, 6.45) is -1.95. The quantitative estimate of drug-likeness (QED) is 0.298. The smallest absolute Gasteiger partial charge is 0.391 e. The Morgan fingerprint density at radius 1 is 1.15 bits per heavy atom. The molecule has 40 heavy (non-hydrogen) atoms. The maximum absolute atomic E-state index is 13.7. The van der Waals surface area contributed by atoms with Crippen LogP contribution < -0.4 is 15.4 Å². The predicted molar refractivity (Wildman–Crippen MR) is 143 cm³/mol. The number of anilines is 4. The van der Waals surface area contributed by atoms with E-state index in [0.717, 1.165) is 0 Å². The Morgan fingerprint density at radius 3 is 2.58 bits per heavy atom. The van der Waals surface area contributed by atoms with Crippen LogP contribution in [0, 0.1) is 0 Å². The lowest BCUT2D eigenvalue weighted by molar-refractivity contribution is -0.137. The minimum atomic E-state index is -4.76. The molecule has 1 saturated heterocycles. The molecule has 0 radical (unpaired) electrons. The third-order valence-corrected chi connectivity index (χ3v) is 7.40. The molecule has 1 amide bonds. The highest BCUT2D eigenvalue weighted by Crippen LogP contribution is 2.34. The molecular formula is C25H28F3N7O4S. The molecule has 2 aromatic heterocycles. The number of amides is 1. The number of carbonyl (C=O) groups excluding carboxylic acids is 1. The van der Waals surface area contributed by atoms with Crippen molar-refractivity contribution in [1.29, 1.82) is 0 Å². The number of likely N-dealkylation sites (tertiary alicyclic amines) is 1. The summed E-state index contributed by atoms with van der Waals surface area (Å²) in [5.74, 6) is -1.09. The van der Waals surface area contributed by atoms with Gasteiger partial charge in [0.1, 0.15) is 17.2 Å². The second-order valence-corrected chi connectivity index (χ2v) is 11.1. The van der Waals surface area contributed by atoms with Gasteiger partial charge in [-0.1, -0.05) is 6.07 Å². The van der Waals surface area contributed by atoms with Crippen LogP contribution in [0.5, 0.6) is 0 Å². The lowest BCUT2D eigenvalue weighted by atomic mass is 10.1. The normalized spacial score (nSPS) is 15.9. The fraction of sp³-hybridized carbons (Fsp3) is 0.360. The topological polar surface area (TPSA) is 149 Å². The van der Waals surface area contributed by atoms with E-state index in [4.69, 9.17) is 0 Å². The summed E-state index contributed by atoms with van der Waals surface area (Å²) in [7, 11) is -3.66. The van der Waals surface area contributed by atoms with Crippen LogP contribution in [0.1, 0.15) is 41.3 Å². The number of halogens is 3. The minimum absolute atomic E-state index is 0.00786. The zero-order valence-corrected chi connectivity index (χ0v) is 22.3. The minimum Gasteiger partial charge on any atom is -0.391 e. The number of pyridine rings is 1. The van der Waals surface area contributed by atoms with Gasteiger partial charge in [0.15, 0.2) is 0 Å². The molecule has 4 rings (SSSR count). The summed E-state index contributed by atoms with van der Waals surface area (Å²) >= 11 is 0. The van der Waals surface area contributed by atoms with Gasteiger partial charge in [0.05, 0.1) is 11.9 Å². The average molecular weight is 580 g/mol. The number of alkyl halides is 3. The molecule has 1 aliphatic rings. The van der Waals surface area contributed by atoms with Crippen LogP contribution in [0.3, 0.4) is 0 Å². The van der Waals surface area contributed by atoms with Crippen molar-refractivity contribution >= 4 is 39.2 Å². The SMILES string of the molecule is CCS(=O)(=O)Nc1ncccc1CNc1nc(Nc2ccc(C(=O)N3CCCC(O)C3)cc2)ncc1C(F)(F)F. The lowest BCUT2D eigenvalue weighted by Crippen LogP contribution is -2.42. The average Bonchev–Trinajstić information content (AvgIpc) is 2.92. The summed E-state index contributed by atoms with van der Waals surface area (Å²) in [5.41, 5.74) is 0.0373. The van der Waals surface area contributed by atoms with Crippen molar-refractivity contribution in [3.8, 4) is 0 Å². The van der Waals surface area contributed by atoms with E-state index in [-0.39, 0.29) is 36.5 Å². The highest BCUT2D eigenvalue weighted by Gasteiger charge is 2.35. The van der Waals surface area contributed by atoms with Crippen LogP contribution in [-0.4, -0.2) is 64.2 Å². The van der Waals surface area contributed by atoms with Gasteiger partial charge in [-0.3, -0.25) is 9.52 Å². The number of sulfonamides is 1. The number of nitrogens with zero attached hydrogens (tertiary/aromatic N) is 4. The van der Waals surface area contributed by atoms with Gasteiger partial charge in [-0.05, 0) is 50.1 Å². The second kappa shape index (κ2) is 12.0. The van der Waals surface area contributed by atoms with Crippen molar-refractivity contribution in [2.75, 3.05) is 34.2 Å². The Kier molecular flexibility index (Phi) is 8.73. The summed E-state index contributed by atoms with van der Waals surface area (Å²) < 4.78 is 67.3. The lowest BCUT2D eigenvalue weighted by Gasteiger charge is -2.30. The van der Waals surface area contributed by atoms with Crippen molar-refractivity contribution in [3.63, 3.8) is 0 Å². The second-order valence-electron chi connectivity index (χ2n) is 9.07. The standard InChI is InChI=1S/C25H28F3N7O4S/c1-2-40(38,39)34-21-17(5-3-11-29-21)13-30-22-20(25(26,27)28)14-31-24(33-22)32-18-9-7-16(8-10-18)23(37)35-12-4-6-19(36)15-35/h3,5,7-11,14,19,36H,2,4,6,12-13,15H2,1H3,(H,29,34)(H2,30,31,32,33). The van der Waals surface area contributed by atoms with Crippen molar-refractivity contribution in [2.45, 2.75) is 38.6 Å². The Balaban J connectivity index is 1.51. The van der Waals surface area contributed by atoms with Gasteiger partial charge in [0.2, 0.25) is 16.0 Å². The maximum atomic E-state index is 13.7. The van der Waals surface area contributed by atoms with Crippen LogP contribution >= 0.6 is 0 Å². The number of carbonyl (C=O) groups is 1. The number of β-amino-alcohol motifs (C(OH)–C–C–N with tert-alkyl or cyclic N) is 1. The first kappa shape index (κ1) is 29.0. The Hall–Kier alpha value is -3.98. The fourth-order valence-electron chi connectivity index (χ4n) is 4.00. The van der Waals surface area contributed by atoms with E-state index in [2.05, 4.69) is 30.3 Å². The van der Waals surface area contributed by atoms with Gasteiger partial charge in [-0.25, -0.2) is 18.4 Å². The molecule has 0 spiro atoms. The Morgan fingerprint density at radius 2 is 1.90 bits per heavy atom. The van der Waals surface area contributed by atoms with E-state index in [0.29, 0.717) is 42.4 Å². The molecule has 1 unspecified atom stereocenters. The Labute approximate surface area is 228 Å². The molecule has 3 aromatic rings. The van der Waals surface area contributed by atoms with Crippen molar-refractivity contribution in [2.24, 2.45) is 0 Å². The van der Waals surface area contributed by atoms with E-state index in [1.54, 1.807) is 29.2 Å². The third-order valence-electron chi connectivity index (χ3n) is 6.14. The zero-order valence-electron chi connectivity index (χ0n) is 21.4. The molecule has 1 atom stereocenters. The first-order valence-electron chi connectivity index (χ1n) is 12.4. The molecule has 1 fully saturated rings. The zero-order chi connectivity index (χ0) is 28.9. The number of hydrogen-bond acceptors (Lipinski definition) is 9. The monoisotopic (exact) mass is 579 g/mol. The van der Waals surface area contributed by atoms with Crippen LogP contribution in [0.4, 0.5) is 36.4 Å². The fourth-order valence-corrected chi connectivity index (χ4v) is 4.63. The largest absolute Gasteiger partial charge is 0.421 e. The van der Waals surface area contributed by atoms with Crippen molar-refractivity contribution in [1.82, 2.24) is 19.9 Å². The predicted octanol–water partition coefficient (Wildman–Crippen LogP) is 3.60. The van der Waals surface area contributed by atoms with Gasteiger partial charge >= 0.3 is 6.18 Å². The van der Waals surface area contributed by atoms with Gasteiger partial charge in [0.25, 0.3) is 5.91 Å². The van der Waals surface area contributed by atoms with E-state index < -0.39 is 33.7 Å². The van der Waals surface area contributed by atoms with Crippen LogP contribution in [0.15, 0.2) is 48.8 Å². The number of aliphatic hydroxyl groups is 1. The molecule has 1 aromatic carbocycles. The number of rotatable bonds is 9. The van der Waals surface area contributed by atoms with Crippen LogP contribution in [0.25, 0.3) is 0 Å². The first-order chi connectivity index (χ1) is 18.9. The molecule has 0 aliphatic carbocycles. The molecule has 214 valence electrons. The summed E-state index contributed by atoms with van der Waals surface area (Å²) in [4.78, 5) is 26.0. The summed E-state index contributed by atoms with van der Waals surface area (Å²) in [6, 6.07) is 9.33. The molecule has 0 bridgehead atoms. The number of aliphatic hydroxyl groups excluding tert-OH is 1. The van der Waals surface area contributed by atoms with Crippen molar-refractivity contribution < 1.29 is 31.5 Å². The molecule has 3 heterocycles.